The van der Waals surface area contributed by atoms with Gasteiger partial charge in [0.15, 0.2) is 0 Å². The number of nitrogens with one attached hydrogen (secondary N) is 2. The number of nitrogens with zero attached hydrogens (tertiary/aromatic N) is 1. The van der Waals surface area contributed by atoms with Crippen LogP contribution in [0.5, 0.6) is 0 Å². The molecule has 1 unspecified atom stereocenters. The highest BCUT2D eigenvalue weighted by molar-refractivity contribution is 7.16. The van der Waals surface area contributed by atoms with Crippen molar-refractivity contribution < 1.29 is 9.18 Å². The molecule has 0 saturated heterocycles. The predicted molar refractivity (Wildman–Crippen MR) is 94.2 cm³/mol. The highest BCUT2D eigenvalue weighted by atomic mass is 35.5. The molecule has 1 aromatic heterocycles. The number of rotatable bonds is 2. The maximum Gasteiger partial charge on any atom is 0.256 e. The van der Waals surface area contributed by atoms with E-state index in [4.69, 9.17) is 11.6 Å². The van der Waals surface area contributed by atoms with Crippen molar-refractivity contribution in [2.75, 3.05) is 18.4 Å². The fraction of sp³-hybridized carbons (Fsp3) is 0.353. The van der Waals surface area contributed by atoms with Crippen molar-refractivity contribution in [3.8, 4) is 0 Å². The molecular weight excluding hydrogens is 349 g/mol. The Kier molecular flexibility index (Phi) is 3.98. The van der Waals surface area contributed by atoms with Gasteiger partial charge < -0.3 is 10.6 Å². The lowest BCUT2D eigenvalue weighted by molar-refractivity contribution is 0.0934. The van der Waals surface area contributed by atoms with Gasteiger partial charge >= 0.3 is 0 Å². The van der Waals surface area contributed by atoms with Crippen LogP contribution in [0.25, 0.3) is 0 Å². The zero-order valence-electron chi connectivity index (χ0n) is 13.2. The molecule has 0 aliphatic carbocycles. The van der Waals surface area contributed by atoms with E-state index in [-0.39, 0.29) is 11.5 Å². The van der Waals surface area contributed by atoms with Gasteiger partial charge in [0.05, 0.1) is 10.6 Å². The second-order valence-corrected chi connectivity index (χ2v) is 7.53. The first kappa shape index (κ1) is 15.9. The molecule has 2 N–H and O–H groups in total. The highest BCUT2D eigenvalue weighted by Gasteiger charge is 2.34. The minimum atomic E-state index is -0.652. The highest BCUT2D eigenvalue weighted by Crippen LogP contribution is 2.41. The summed E-state index contributed by atoms with van der Waals surface area (Å²) in [7, 11) is 0. The molecule has 1 aromatic carbocycles. The Balaban J connectivity index is 1.71. The van der Waals surface area contributed by atoms with E-state index in [1.54, 1.807) is 23.5 Å². The van der Waals surface area contributed by atoms with Crippen molar-refractivity contribution in [2.45, 2.75) is 26.1 Å². The van der Waals surface area contributed by atoms with Gasteiger partial charge in [0.1, 0.15) is 17.0 Å². The predicted octanol–water partition coefficient (Wildman–Crippen LogP) is 3.77. The van der Waals surface area contributed by atoms with Gasteiger partial charge in [-0.2, -0.15) is 0 Å². The zero-order valence-corrected chi connectivity index (χ0v) is 14.7. The summed E-state index contributed by atoms with van der Waals surface area (Å²) in [5, 5.41) is 7.22. The number of halogens is 2. The van der Waals surface area contributed by atoms with Crippen molar-refractivity contribution in [2.24, 2.45) is 0 Å². The normalized spacial score (nSPS) is 20.1. The lowest BCUT2D eigenvalue weighted by Crippen LogP contribution is -2.39. The summed E-state index contributed by atoms with van der Waals surface area (Å²) in [6.45, 7) is 4.96. The fourth-order valence-electron chi connectivity index (χ4n) is 3.37. The first-order chi connectivity index (χ1) is 11.6. The smallest absolute Gasteiger partial charge is 0.256 e. The Morgan fingerprint density at radius 1 is 1.42 bits per heavy atom. The average molecular weight is 366 g/mol. The summed E-state index contributed by atoms with van der Waals surface area (Å²) in [4.78, 5) is 16.2. The van der Waals surface area contributed by atoms with Crippen LogP contribution in [0.4, 0.5) is 9.39 Å². The van der Waals surface area contributed by atoms with Gasteiger partial charge in [0.2, 0.25) is 0 Å². The first-order valence-electron chi connectivity index (χ1n) is 7.96. The molecule has 0 fully saturated rings. The third-order valence-electron chi connectivity index (χ3n) is 4.65. The minimum absolute atomic E-state index is 0.157. The van der Waals surface area contributed by atoms with Crippen molar-refractivity contribution in [1.82, 2.24) is 10.2 Å². The Morgan fingerprint density at radius 3 is 3.00 bits per heavy atom. The fourth-order valence-corrected chi connectivity index (χ4v) is 4.96. The molecule has 4 rings (SSSR count). The van der Waals surface area contributed by atoms with Gasteiger partial charge in [-0.1, -0.05) is 24.6 Å². The Bertz CT molecular complexity index is 802. The summed E-state index contributed by atoms with van der Waals surface area (Å²) >= 11 is 7.73. The van der Waals surface area contributed by atoms with E-state index < -0.39 is 12.0 Å². The molecular formula is C17H17ClFN3OS. The number of thiophene rings is 1. The standard InChI is InChI=1S/C17H17ClFN3OS/c1-2-22-7-6-9-12(8-22)24-17-13(9)16(23)20-15(21-17)14-10(18)4-3-5-11(14)19/h3-5,15,21H,2,6-8H2,1H3,(H,20,23). The van der Waals surface area contributed by atoms with Crippen LogP contribution in [-0.2, 0) is 13.0 Å². The molecule has 7 heteroatoms. The average Bonchev–Trinajstić information content (AvgIpc) is 2.92. The van der Waals surface area contributed by atoms with E-state index in [1.165, 1.54) is 10.9 Å². The summed E-state index contributed by atoms with van der Waals surface area (Å²) < 4.78 is 14.2. The van der Waals surface area contributed by atoms with Crippen molar-refractivity contribution in [3.05, 3.63) is 50.6 Å². The van der Waals surface area contributed by atoms with Crippen LogP contribution in [-0.4, -0.2) is 23.9 Å². The van der Waals surface area contributed by atoms with Crippen molar-refractivity contribution in [1.29, 1.82) is 0 Å². The summed E-state index contributed by atoms with van der Waals surface area (Å²) in [5.74, 6) is -0.585. The van der Waals surface area contributed by atoms with E-state index in [9.17, 15) is 9.18 Å². The Hall–Kier alpha value is -1.63. The number of likely N-dealkylation sites (N-methyl/N-ethyl adjacent to an activating group) is 1. The van der Waals surface area contributed by atoms with Gasteiger partial charge in [-0.15, -0.1) is 11.3 Å². The molecule has 3 heterocycles. The van der Waals surface area contributed by atoms with E-state index >= 15 is 0 Å². The molecule has 0 saturated carbocycles. The molecule has 1 amide bonds. The Morgan fingerprint density at radius 2 is 2.25 bits per heavy atom. The number of fused-ring (bicyclic) bond motifs is 3. The first-order valence-corrected chi connectivity index (χ1v) is 9.16. The molecule has 1 atom stereocenters. The van der Waals surface area contributed by atoms with E-state index in [2.05, 4.69) is 22.5 Å². The largest absolute Gasteiger partial charge is 0.352 e. The molecule has 24 heavy (non-hydrogen) atoms. The summed E-state index contributed by atoms with van der Waals surface area (Å²) in [6, 6.07) is 4.53. The number of benzene rings is 1. The van der Waals surface area contributed by atoms with Gasteiger partial charge in [-0.05, 0) is 30.7 Å². The number of carbonyl (C=O) groups excluding carboxylic acids is 1. The third-order valence-corrected chi connectivity index (χ3v) is 6.13. The lowest BCUT2D eigenvalue weighted by Gasteiger charge is -2.28. The number of hydrogen-bond acceptors (Lipinski definition) is 4. The Labute approximate surface area is 148 Å². The van der Waals surface area contributed by atoms with Crippen LogP contribution in [0, 0.1) is 5.82 Å². The number of carbonyl (C=O) groups is 1. The van der Waals surface area contributed by atoms with Crippen LogP contribution < -0.4 is 10.6 Å². The lowest BCUT2D eigenvalue weighted by atomic mass is 10.0. The van der Waals surface area contributed by atoms with Gasteiger partial charge in [-0.25, -0.2) is 4.39 Å². The van der Waals surface area contributed by atoms with Crippen LogP contribution in [0.2, 0.25) is 5.02 Å². The monoisotopic (exact) mass is 365 g/mol. The van der Waals surface area contributed by atoms with Crippen LogP contribution in [0.3, 0.4) is 0 Å². The number of hydrogen-bond donors (Lipinski definition) is 2. The summed E-state index contributed by atoms with van der Waals surface area (Å²) in [6.07, 6.45) is 0.218. The quantitative estimate of drug-likeness (QED) is 0.851. The third kappa shape index (κ3) is 2.49. The maximum absolute atomic E-state index is 14.2. The van der Waals surface area contributed by atoms with Crippen molar-refractivity contribution >= 4 is 33.8 Å². The molecule has 0 bridgehead atoms. The SMILES string of the molecule is CCN1CCc2c(sc3c2C(=O)NC(c2c(F)cccc2Cl)N3)C1. The molecule has 2 aliphatic heterocycles. The maximum atomic E-state index is 14.2. The number of amides is 1. The van der Waals surface area contributed by atoms with Crippen molar-refractivity contribution in [3.63, 3.8) is 0 Å². The molecule has 2 aliphatic rings. The zero-order chi connectivity index (χ0) is 16.8. The van der Waals surface area contributed by atoms with Gasteiger partial charge in [0.25, 0.3) is 5.91 Å². The van der Waals surface area contributed by atoms with Crippen LogP contribution >= 0.6 is 22.9 Å². The second-order valence-electron chi connectivity index (χ2n) is 6.01. The van der Waals surface area contributed by atoms with E-state index in [1.807, 2.05) is 0 Å². The van der Waals surface area contributed by atoms with Crippen LogP contribution in [0.1, 0.15) is 39.5 Å². The molecule has 2 aromatic rings. The topological polar surface area (TPSA) is 44.4 Å². The molecule has 0 spiro atoms. The van der Waals surface area contributed by atoms with Crippen LogP contribution in [0.15, 0.2) is 18.2 Å². The van der Waals surface area contributed by atoms with Gasteiger partial charge in [0, 0.05) is 23.5 Å². The summed E-state index contributed by atoms with van der Waals surface area (Å²) in [5.41, 5.74) is 2.12. The molecule has 126 valence electrons. The van der Waals surface area contributed by atoms with Gasteiger partial charge in [-0.3, -0.25) is 9.69 Å². The number of anilines is 1. The van der Waals surface area contributed by atoms with E-state index in [0.29, 0.717) is 5.02 Å². The van der Waals surface area contributed by atoms with E-state index in [0.717, 1.165) is 42.2 Å². The molecule has 4 nitrogen and oxygen atoms in total. The second kappa shape index (κ2) is 6.02. The minimum Gasteiger partial charge on any atom is -0.352 e. The molecule has 0 radical (unpaired) electrons.